The molecule has 4 rings (SSSR count). The Hall–Kier alpha value is -3.73. The third-order valence-electron chi connectivity index (χ3n) is 6.22. The number of carbonyl (C=O) groups excluding carboxylic acids is 2. The molecule has 9 nitrogen and oxygen atoms in total. The lowest BCUT2D eigenvalue weighted by atomic mass is 10.1. The molecular formula is C24H26F2N4O5. The van der Waals surface area contributed by atoms with Crippen LogP contribution in [0, 0.1) is 11.6 Å². The van der Waals surface area contributed by atoms with E-state index >= 15 is 0 Å². The van der Waals surface area contributed by atoms with Crippen molar-refractivity contribution in [3.8, 4) is 5.75 Å². The zero-order valence-electron chi connectivity index (χ0n) is 19.5. The van der Waals surface area contributed by atoms with Gasteiger partial charge in [0.15, 0.2) is 11.4 Å². The fraction of sp³-hybridized carbons (Fsp3) is 0.375. The van der Waals surface area contributed by atoms with Crippen molar-refractivity contribution in [2.45, 2.75) is 45.1 Å². The van der Waals surface area contributed by atoms with Crippen LogP contribution in [-0.2, 0) is 11.3 Å². The number of pyridine rings is 1. The number of aromatic nitrogens is 1. The fourth-order valence-electron chi connectivity index (χ4n) is 4.65. The van der Waals surface area contributed by atoms with Crippen LogP contribution in [0.3, 0.4) is 0 Å². The molecule has 35 heavy (non-hydrogen) atoms. The molecule has 2 aromatic rings. The van der Waals surface area contributed by atoms with Gasteiger partial charge in [-0.2, -0.15) is 0 Å². The van der Waals surface area contributed by atoms with Crippen molar-refractivity contribution in [2.75, 3.05) is 18.7 Å². The molecule has 1 aromatic heterocycles. The molecule has 3 heterocycles. The number of nitrogens with one attached hydrogen (secondary N) is 1. The van der Waals surface area contributed by atoms with Gasteiger partial charge >= 0.3 is 0 Å². The average Bonchev–Trinajstić information content (AvgIpc) is 3.10. The summed E-state index contributed by atoms with van der Waals surface area (Å²) >= 11 is 0. The van der Waals surface area contributed by atoms with Crippen LogP contribution in [0.25, 0.3) is 0 Å². The lowest BCUT2D eigenvalue weighted by Crippen LogP contribution is -2.63. The first kappa shape index (κ1) is 24.4. The first-order valence-corrected chi connectivity index (χ1v) is 11.0. The molecule has 0 saturated carbocycles. The quantitative estimate of drug-likeness (QED) is 0.602. The number of amides is 2. The van der Waals surface area contributed by atoms with E-state index in [1.54, 1.807) is 5.01 Å². The number of hydrogen-bond donors (Lipinski definition) is 2. The second kappa shape index (κ2) is 9.14. The molecule has 1 fully saturated rings. The van der Waals surface area contributed by atoms with Gasteiger partial charge < -0.3 is 20.1 Å². The Bertz CT molecular complexity index is 1280. The maximum Gasteiger partial charge on any atom is 0.278 e. The van der Waals surface area contributed by atoms with Crippen molar-refractivity contribution in [3.05, 3.63) is 75.2 Å². The molecule has 0 radical (unpaired) electrons. The van der Waals surface area contributed by atoms with Crippen molar-refractivity contribution in [2.24, 2.45) is 0 Å². The summed E-state index contributed by atoms with van der Waals surface area (Å²) in [5.74, 6) is -3.94. The highest BCUT2D eigenvalue weighted by molar-refractivity contribution is 6.00. The standard InChI is InChI=1S/C24H26F2N4O5/c1-12(2)29-23-13(3)7-16(11-35-4)30(23)28-10-17(20(31)21(32)19(28)24(29)34)22(33)27-9-14-5-6-15(25)8-18(14)26/h5-6,8,10,12,16,23,32H,3,7,9,11H2,1-2,4H3,(H,27,33)/t16-,23-/m0/s1. The van der Waals surface area contributed by atoms with Crippen molar-refractivity contribution in [3.63, 3.8) is 0 Å². The molecule has 11 heteroatoms. The summed E-state index contributed by atoms with van der Waals surface area (Å²) in [7, 11) is 1.53. The Morgan fingerprint density at radius 1 is 1.31 bits per heavy atom. The Kier molecular flexibility index (Phi) is 6.37. The lowest BCUT2D eigenvalue weighted by molar-refractivity contribution is 0.0530. The molecule has 0 aliphatic carbocycles. The van der Waals surface area contributed by atoms with Gasteiger partial charge in [0.05, 0.1) is 12.6 Å². The molecule has 2 atom stereocenters. The summed E-state index contributed by atoms with van der Waals surface area (Å²) in [6.07, 6.45) is 1.12. The van der Waals surface area contributed by atoms with Crippen LogP contribution < -0.4 is 15.8 Å². The van der Waals surface area contributed by atoms with Crippen LogP contribution in [0.1, 0.15) is 46.7 Å². The zero-order chi connectivity index (χ0) is 25.6. The van der Waals surface area contributed by atoms with Gasteiger partial charge in [0.1, 0.15) is 23.4 Å². The molecule has 2 N–H and O–H groups in total. The number of fused-ring (bicyclic) bond motifs is 3. The number of benzene rings is 1. The smallest absolute Gasteiger partial charge is 0.278 e. The third-order valence-corrected chi connectivity index (χ3v) is 6.22. The van der Waals surface area contributed by atoms with Crippen LogP contribution in [0.5, 0.6) is 5.75 Å². The number of halogens is 2. The highest BCUT2D eigenvalue weighted by Crippen LogP contribution is 2.37. The number of nitrogens with zero attached hydrogens (tertiary/aromatic N) is 3. The molecule has 186 valence electrons. The first-order valence-electron chi connectivity index (χ1n) is 11.0. The van der Waals surface area contributed by atoms with Gasteiger partial charge in [-0.25, -0.2) is 8.78 Å². The minimum Gasteiger partial charge on any atom is -0.502 e. The van der Waals surface area contributed by atoms with E-state index in [0.717, 1.165) is 11.6 Å². The second-order valence-electron chi connectivity index (χ2n) is 8.86. The van der Waals surface area contributed by atoms with E-state index in [0.29, 0.717) is 12.5 Å². The summed E-state index contributed by atoms with van der Waals surface area (Å²) < 4.78 is 33.8. The van der Waals surface area contributed by atoms with Gasteiger partial charge in [-0.05, 0) is 31.9 Å². The van der Waals surface area contributed by atoms with Crippen molar-refractivity contribution >= 4 is 11.8 Å². The number of hydrogen-bond acceptors (Lipinski definition) is 6. The number of ether oxygens (including phenoxy) is 1. The molecule has 0 bridgehead atoms. The molecular weight excluding hydrogens is 462 g/mol. The topological polar surface area (TPSA) is 104 Å². The summed E-state index contributed by atoms with van der Waals surface area (Å²) in [6, 6.07) is 2.36. The Labute approximate surface area is 200 Å². The van der Waals surface area contributed by atoms with Crippen LogP contribution >= 0.6 is 0 Å². The number of rotatable bonds is 6. The van der Waals surface area contributed by atoms with E-state index in [-0.39, 0.29) is 36.5 Å². The van der Waals surface area contributed by atoms with Gasteiger partial charge in [0, 0.05) is 37.5 Å². The SMILES string of the molecule is C=C1C[C@@H](COC)N2[C@@H]1N(C(C)C)C(=O)c1c(O)c(=O)c(C(=O)NCc3ccc(F)cc3F)cn12. The third kappa shape index (κ3) is 4.05. The number of carbonyl (C=O) groups is 2. The van der Waals surface area contributed by atoms with Gasteiger partial charge in [-0.1, -0.05) is 12.6 Å². The minimum absolute atomic E-state index is 0.0147. The maximum atomic E-state index is 13.9. The van der Waals surface area contributed by atoms with Gasteiger partial charge in [-0.3, -0.25) is 24.1 Å². The van der Waals surface area contributed by atoms with Crippen molar-refractivity contribution in [1.29, 1.82) is 0 Å². The highest BCUT2D eigenvalue weighted by Gasteiger charge is 2.49. The van der Waals surface area contributed by atoms with Crippen LogP contribution in [0.2, 0.25) is 0 Å². The summed E-state index contributed by atoms with van der Waals surface area (Å²) in [5.41, 5.74) is -0.981. The molecule has 0 spiro atoms. The molecule has 1 aromatic carbocycles. The average molecular weight is 488 g/mol. The predicted octanol–water partition coefficient (Wildman–Crippen LogP) is 1.87. The van der Waals surface area contributed by atoms with E-state index in [1.165, 1.54) is 28.9 Å². The van der Waals surface area contributed by atoms with E-state index in [4.69, 9.17) is 4.74 Å². The monoisotopic (exact) mass is 488 g/mol. The largest absolute Gasteiger partial charge is 0.502 e. The van der Waals surface area contributed by atoms with Crippen molar-refractivity contribution in [1.82, 2.24) is 14.9 Å². The molecule has 1 saturated heterocycles. The van der Waals surface area contributed by atoms with Gasteiger partial charge in [0.25, 0.3) is 11.8 Å². The van der Waals surface area contributed by atoms with Crippen LogP contribution in [-0.4, -0.2) is 58.5 Å². The fourth-order valence-corrected chi connectivity index (χ4v) is 4.65. The Morgan fingerprint density at radius 3 is 2.66 bits per heavy atom. The predicted molar refractivity (Wildman–Crippen MR) is 123 cm³/mol. The minimum atomic E-state index is -1.04. The second-order valence-corrected chi connectivity index (χ2v) is 8.86. The summed E-state index contributed by atoms with van der Waals surface area (Å²) in [5, 5.41) is 14.9. The Morgan fingerprint density at radius 2 is 2.03 bits per heavy atom. The zero-order valence-corrected chi connectivity index (χ0v) is 19.5. The normalized spacial score (nSPS) is 19.3. The Balaban J connectivity index is 1.77. The summed E-state index contributed by atoms with van der Waals surface area (Å²) in [4.78, 5) is 40.7. The number of methoxy groups -OCH3 is 1. The molecule has 2 amide bonds. The van der Waals surface area contributed by atoms with E-state index in [1.807, 2.05) is 13.8 Å². The number of aromatic hydroxyl groups is 1. The highest BCUT2D eigenvalue weighted by atomic mass is 19.1. The van der Waals surface area contributed by atoms with E-state index in [2.05, 4.69) is 11.9 Å². The first-order chi connectivity index (χ1) is 16.6. The molecule has 0 unspecified atom stereocenters. The molecule has 2 aliphatic heterocycles. The lowest BCUT2D eigenvalue weighted by Gasteiger charge is -2.46. The van der Waals surface area contributed by atoms with E-state index < -0.39 is 46.4 Å². The van der Waals surface area contributed by atoms with Crippen LogP contribution in [0.15, 0.2) is 41.3 Å². The summed E-state index contributed by atoms with van der Waals surface area (Å²) in [6.45, 7) is 7.70. The van der Waals surface area contributed by atoms with Gasteiger partial charge in [0.2, 0.25) is 5.43 Å². The van der Waals surface area contributed by atoms with Gasteiger partial charge in [-0.15, -0.1) is 0 Å². The maximum absolute atomic E-state index is 13.9. The molecule has 2 aliphatic rings. The van der Waals surface area contributed by atoms with Crippen molar-refractivity contribution < 1.29 is 28.2 Å². The van der Waals surface area contributed by atoms with E-state index in [9.17, 15) is 28.3 Å². The van der Waals surface area contributed by atoms with Crippen LogP contribution in [0.4, 0.5) is 8.78 Å².